The Balaban J connectivity index is 1.90. The molecule has 1 aromatic rings. The number of aryl methyl sites for hydroxylation is 1. The number of benzene rings is 1. The van der Waals surface area contributed by atoms with Crippen molar-refractivity contribution in [2.45, 2.75) is 51.7 Å². The van der Waals surface area contributed by atoms with E-state index in [9.17, 15) is 9.90 Å². The number of aliphatic hydroxyl groups is 1. The van der Waals surface area contributed by atoms with Crippen LogP contribution in [0, 0.1) is 12.8 Å². The van der Waals surface area contributed by atoms with Crippen LogP contribution in [0.5, 0.6) is 5.75 Å². The fourth-order valence-electron chi connectivity index (χ4n) is 2.86. The molecule has 0 spiro atoms. The predicted molar refractivity (Wildman–Crippen MR) is 82.2 cm³/mol. The molecule has 1 aromatic carbocycles. The Morgan fingerprint density at radius 1 is 1.43 bits per heavy atom. The molecule has 0 heterocycles. The van der Waals surface area contributed by atoms with Crippen molar-refractivity contribution < 1.29 is 14.6 Å². The Morgan fingerprint density at radius 3 is 2.90 bits per heavy atom. The summed E-state index contributed by atoms with van der Waals surface area (Å²) in [6, 6.07) is 7.75. The van der Waals surface area contributed by atoms with Gasteiger partial charge < -0.3 is 15.2 Å². The maximum absolute atomic E-state index is 12.2. The zero-order valence-electron chi connectivity index (χ0n) is 12.8. The van der Waals surface area contributed by atoms with Crippen molar-refractivity contribution in [1.29, 1.82) is 0 Å². The van der Waals surface area contributed by atoms with E-state index in [-0.39, 0.29) is 24.5 Å². The summed E-state index contributed by atoms with van der Waals surface area (Å²) in [4.78, 5) is 12.2. The molecule has 0 bridgehead atoms. The maximum atomic E-state index is 12.2. The molecule has 21 heavy (non-hydrogen) atoms. The van der Waals surface area contributed by atoms with Gasteiger partial charge in [0, 0.05) is 18.6 Å². The van der Waals surface area contributed by atoms with Crippen molar-refractivity contribution in [2.75, 3.05) is 6.61 Å². The standard InChI is InChI=1S/C17H25NO3/c1-12-6-5-8-15(10-12)21-13(2)17(20)18-16-9-4-3-7-14(16)11-19/h5-6,8,10,13-14,16,19H,3-4,7,9,11H2,1-2H3,(H,18,20). The summed E-state index contributed by atoms with van der Waals surface area (Å²) >= 11 is 0. The summed E-state index contributed by atoms with van der Waals surface area (Å²) in [7, 11) is 0. The Labute approximate surface area is 126 Å². The van der Waals surface area contributed by atoms with Gasteiger partial charge in [-0.1, -0.05) is 25.0 Å². The summed E-state index contributed by atoms with van der Waals surface area (Å²) in [5, 5.41) is 12.4. The Hall–Kier alpha value is -1.55. The number of carbonyl (C=O) groups excluding carboxylic acids is 1. The number of ether oxygens (including phenoxy) is 1. The lowest BCUT2D eigenvalue weighted by Crippen LogP contribution is -2.47. The van der Waals surface area contributed by atoms with Gasteiger partial charge in [-0.3, -0.25) is 4.79 Å². The van der Waals surface area contributed by atoms with Crippen LogP contribution in [0.1, 0.15) is 38.2 Å². The zero-order valence-corrected chi connectivity index (χ0v) is 12.8. The summed E-state index contributed by atoms with van der Waals surface area (Å²) < 4.78 is 5.69. The van der Waals surface area contributed by atoms with E-state index in [2.05, 4.69) is 5.32 Å². The highest BCUT2D eigenvalue weighted by Crippen LogP contribution is 2.24. The molecule has 1 fully saturated rings. The molecule has 2 rings (SSSR count). The molecule has 0 saturated heterocycles. The molecular formula is C17H25NO3. The average Bonchev–Trinajstić information content (AvgIpc) is 2.47. The monoisotopic (exact) mass is 291 g/mol. The lowest BCUT2D eigenvalue weighted by atomic mass is 9.85. The molecule has 1 aliphatic rings. The lowest BCUT2D eigenvalue weighted by Gasteiger charge is -2.31. The number of aliphatic hydroxyl groups excluding tert-OH is 1. The van der Waals surface area contributed by atoms with Crippen LogP contribution in [0.2, 0.25) is 0 Å². The molecule has 4 heteroatoms. The van der Waals surface area contributed by atoms with Crippen LogP contribution < -0.4 is 10.1 Å². The first-order valence-electron chi connectivity index (χ1n) is 7.74. The van der Waals surface area contributed by atoms with E-state index in [4.69, 9.17) is 4.74 Å². The summed E-state index contributed by atoms with van der Waals surface area (Å²) in [5.41, 5.74) is 1.10. The largest absolute Gasteiger partial charge is 0.481 e. The minimum atomic E-state index is -0.534. The summed E-state index contributed by atoms with van der Waals surface area (Å²) in [5.74, 6) is 0.774. The van der Waals surface area contributed by atoms with Crippen molar-refractivity contribution in [3.05, 3.63) is 29.8 Å². The molecule has 0 aromatic heterocycles. The van der Waals surface area contributed by atoms with Crippen LogP contribution >= 0.6 is 0 Å². The van der Waals surface area contributed by atoms with Crippen LogP contribution in [0.25, 0.3) is 0 Å². The van der Waals surface area contributed by atoms with Crippen LogP contribution in [0.3, 0.4) is 0 Å². The van der Waals surface area contributed by atoms with Gasteiger partial charge in [-0.05, 0) is 44.4 Å². The molecule has 2 N–H and O–H groups in total. The second-order valence-electron chi connectivity index (χ2n) is 5.92. The summed E-state index contributed by atoms with van der Waals surface area (Å²) in [6.45, 7) is 3.89. The first-order valence-corrected chi connectivity index (χ1v) is 7.74. The SMILES string of the molecule is Cc1cccc(OC(C)C(=O)NC2CCCCC2CO)c1. The van der Waals surface area contributed by atoms with Gasteiger partial charge in [-0.15, -0.1) is 0 Å². The van der Waals surface area contributed by atoms with E-state index in [1.165, 1.54) is 0 Å². The van der Waals surface area contributed by atoms with Gasteiger partial charge in [0.2, 0.25) is 0 Å². The number of hydrogen-bond acceptors (Lipinski definition) is 3. The molecule has 1 amide bonds. The van der Waals surface area contributed by atoms with E-state index >= 15 is 0 Å². The minimum Gasteiger partial charge on any atom is -0.481 e. The Bertz CT molecular complexity index is 475. The van der Waals surface area contributed by atoms with Crippen molar-refractivity contribution in [1.82, 2.24) is 5.32 Å². The van der Waals surface area contributed by atoms with Gasteiger partial charge in [-0.2, -0.15) is 0 Å². The summed E-state index contributed by atoms with van der Waals surface area (Å²) in [6.07, 6.45) is 3.62. The van der Waals surface area contributed by atoms with E-state index in [0.717, 1.165) is 31.2 Å². The third kappa shape index (κ3) is 4.46. The minimum absolute atomic E-state index is 0.0693. The second-order valence-corrected chi connectivity index (χ2v) is 5.92. The van der Waals surface area contributed by atoms with Gasteiger partial charge in [0.05, 0.1) is 0 Å². The normalized spacial score (nSPS) is 23.4. The van der Waals surface area contributed by atoms with E-state index in [0.29, 0.717) is 5.75 Å². The quantitative estimate of drug-likeness (QED) is 0.876. The van der Waals surface area contributed by atoms with Crippen molar-refractivity contribution >= 4 is 5.91 Å². The van der Waals surface area contributed by atoms with Crippen LogP contribution in [-0.4, -0.2) is 29.8 Å². The number of carbonyl (C=O) groups is 1. The highest BCUT2D eigenvalue weighted by molar-refractivity contribution is 5.81. The first-order chi connectivity index (χ1) is 10.1. The number of nitrogens with one attached hydrogen (secondary N) is 1. The lowest BCUT2D eigenvalue weighted by molar-refractivity contribution is -0.128. The smallest absolute Gasteiger partial charge is 0.261 e. The van der Waals surface area contributed by atoms with Crippen molar-refractivity contribution in [2.24, 2.45) is 5.92 Å². The topological polar surface area (TPSA) is 58.6 Å². The number of amides is 1. The fourth-order valence-corrected chi connectivity index (χ4v) is 2.86. The van der Waals surface area contributed by atoms with Gasteiger partial charge in [0.15, 0.2) is 6.10 Å². The molecule has 1 aliphatic carbocycles. The average molecular weight is 291 g/mol. The Morgan fingerprint density at radius 2 is 2.19 bits per heavy atom. The zero-order chi connectivity index (χ0) is 15.2. The molecule has 4 nitrogen and oxygen atoms in total. The van der Waals surface area contributed by atoms with E-state index < -0.39 is 6.10 Å². The molecule has 1 saturated carbocycles. The van der Waals surface area contributed by atoms with Crippen LogP contribution in [-0.2, 0) is 4.79 Å². The van der Waals surface area contributed by atoms with Crippen LogP contribution in [0.15, 0.2) is 24.3 Å². The third-order valence-electron chi connectivity index (χ3n) is 4.14. The van der Waals surface area contributed by atoms with Gasteiger partial charge in [0.1, 0.15) is 5.75 Å². The number of rotatable bonds is 5. The van der Waals surface area contributed by atoms with Crippen molar-refractivity contribution in [3.8, 4) is 5.75 Å². The molecule has 0 aliphatic heterocycles. The fraction of sp³-hybridized carbons (Fsp3) is 0.588. The maximum Gasteiger partial charge on any atom is 0.261 e. The molecule has 3 atom stereocenters. The van der Waals surface area contributed by atoms with Crippen LogP contribution in [0.4, 0.5) is 0 Å². The van der Waals surface area contributed by atoms with E-state index in [1.807, 2.05) is 31.2 Å². The third-order valence-corrected chi connectivity index (χ3v) is 4.14. The number of hydrogen-bond donors (Lipinski definition) is 2. The van der Waals surface area contributed by atoms with Gasteiger partial charge in [0.25, 0.3) is 5.91 Å². The highest BCUT2D eigenvalue weighted by Gasteiger charge is 2.27. The molecule has 3 unspecified atom stereocenters. The van der Waals surface area contributed by atoms with Crippen molar-refractivity contribution in [3.63, 3.8) is 0 Å². The second kappa shape index (κ2) is 7.46. The van der Waals surface area contributed by atoms with Gasteiger partial charge >= 0.3 is 0 Å². The highest BCUT2D eigenvalue weighted by atomic mass is 16.5. The first kappa shape index (κ1) is 15.8. The Kier molecular flexibility index (Phi) is 5.62. The predicted octanol–water partition coefficient (Wildman–Crippen LogP) is 2.43. The molecule has 0 radical (unpaired) electrons. The molecule has 116 valence electrons. The van der Waals surface area contributed by atoms with E-state index in [1.54, 1.807) is 6.92 Å². The van der Waals surface area contributed by atoms with Gasteiger partial charge in [-0.25, -0.2) is 0 Å². The molecular weight excluding hydrogens is 266 g/mol.